The first-order valence-electron chi connectivity index (χ1n) is 7.63. The number of anilines is 1. The van der Waals surface area contributed by atoms with Gasteiger partial charge in [-0.2, -0.15) is 0 Å². The molecule has 0 atom stereocenters. The monoisotopic (exact) mass is 300 g/mol. The highest BCUT2D eigenvalue weighted by atomic mass is 16.2. The molecule has 1 amide bonds. The van der Waals surface area contributed by atoms with Crippen molar-refractivity contribution in [2.24, 2.45) is 4.99 Å². The molecule has 5 nitrogen and oxygen atoms in total. The number of likely N-dealkylation sites (tertiary alicyclic amines) is 1. The quantitative estimate of drug-likeness (QED) is 0.649. The fraction of sp³-hybridized carbons (Fsp3) is 0.412. The van der Waals surface area contributed by atoms with Crippen LogP contribution < -0.4 is 10.2 Å². The van der Waals surface area contributed by atoms with Gasteiger partial charge in [0.25, 0.3) is 5.91 Å². The third-order valence-electron chi connectivity index (χ3n) is 3.92. The minimum absolute atomic E-state index is 0.0861. The summed E-state index contributed by atoms with van der Waals surface area (Å²) in [4.78, 5) is 20.5. The normalized spacial score (nSPS) is 14.3. The number of benzene rings is 1. The van der Waals surface area contributed by atoms with Crippen molar-refractivity contribution in [3.05, 3.63) is 36.5 Å². The van der Waals surface area contributed by atoms with Crippen molar-refractivity contribution in [3.8, 4) is 0 Å². The van der Waals surface area contributed by atoms with E-state index in [0.29, 0.717) is 12.2 Å². The second kappa shape index (κ2) is 7.64. The number of carbonyl (C=O) groups is 1. The van der Waals surface area contributed by atoms with Gasteiger partial charge in [-0.1, -0.05) is 6.58 Å². The summed E-state index contributed by atoms with van der Waals surface area (Å²) in [7, 11) is 1.95. The van der Waals surface area contributed by atoms with Gasteiger partial charge in [0, 0.05) is 25.7 Å². The summed E-state index contributed by atoms with van der Waals surface area (Å²) >= 11 is 0. The minimum atomic E-state index is 0.0861. The second-order valence-electron chi connectivity index (χ2n) is 5.48. The van der Waals surface area contributed by atoms with Gasteiger partial charge >= 0.3 is 0 Å². The molecule has 0 aromatic heterocycles. The lowest BCUT2D eigenvalue weighted by Crippen LogP contribution is -2.35. The average Bonchev–Trinajstić information content (AvgIpc) is 2.59. The molecule has 0 bridgehead atoms. The van der Waals surface area contributed by atoms with Crippen LogP contribution in [-0.4, -0.2) is 44.3 Å². The van der Waals surface area contributed by atoms with Crippen molar-refractivity contribution in [1.82, 2.24) is 10.2 Å². The summed E-state index contributed by atoms with van der Waals surface area (Å²) in [6.07, 6.45) is 5.04. The van der Waals surface area contributed by atoms with Crippen molar-refractivity contribution in [2.45, 2.75) is 19.3 Å². The van der Waals surface area contributed by atoms with E-state index in [0.717, 1.165) is 37.3 Å². The van der Waals surface area contributed by atoms with Crippen LogP contribution in [0.4, 0.5) is 11.4 Å². The zero-order chi connectivity index (χ0) is 15.9. The lowest BCUT2D eigenvalue weighted by atomic mass is 10.1. The van der Waals surface area contributed by atoms with Crippen LogP contribution in [0.1, 0.15) is 29.6 Å². The molecule has 1 aromatic carbocycles. The van der Waals surface area contributed by atoms with E-state index in [1.807, 2.05) is 35.0 Å². The number of nitrogens with zero attached hydrogens (tertiary/aromatic N) is 3. The highest BCUT2D eigenvalue weighted by Gasteiger charge is 2.19. The SMILES string of the molecule is C=CNCN(C)c1ccc(C(=O)N2CCCCC2)cc1N=C. The first kappa shape index (κ1) is 16.1. The molecule has 1 heterocycles. The summed E-state index contributed by atoms with van der Waals surface area (Å²) in [6.45, 7) is 9.57. The molecule has 0 aliphatic carbocycles. The van der Waals surface area contributed by atoms with Crippen molar-refractivity contribution in [1.29, 1.82) is 0 Å². The lowest BCUT2D eigenvalue weighted by Gasteiger charge is -2.27. The number of rotatable bonds is 6. The van der Waals surface area contributed by atoms with Crippen molar-refractivity contribution in [3.63, 3.8) is 0 Å². The number of hydrogen-bond acceptors (Lipinski definition) is 4. The van der Waals surface area contributed by atoms with Crippen LogP contribution in [0.5, 0.6) is 0 Å². The number of amides is 1. The molecular formula is C17H24N4O. The molecule has 1 aromatic rings. The predicted molar refractivity (Wildman–Crippen MR) is 92.0 cm³/mol. The summed E-state index contributed by atoms with van der Waals surface area (Å²) in [6, 6.07) is 5.61. The Balaban J connectivity index is 2.18. The molecule has 118 valence electrons. The molecule has 1 N–H and O–H groups in total. The Labute approximate surface area is 132 Å². The highest BCUT2D eigenvalue weighted by molar-refractivity contribution is 5.96. The largest absolute Gasteiger partial charge is 0.374 e. The van der Waals surface area contributed by atoms with Crippen LogP contribution in [0.3, 0.4) is 0 Å². The maximum Gasteiger partial charge on any atom is 0.253 e. The van der Waals surface area contributed by atoms with Gasteiger partial charge in [0.15, 0.2) is 0 Å². The Morgan fingerprint density at radius 2 is 2.14 bits per heavy atom. The number of nitrogens with one attached hydrogen (secondary N) is 1. The second-order valence-corrected chi connectivity index (χ2v) is 5.48. The van der Waals surface area contributed by atoms with Crippen LogP contribution >= 0.6 is 0 Å². The number of hydrogen-bond donors (Lipinski definition) is 1. The Kier molecular flexibility index (Phi) is 5.58. The molecule has 1 aliphatic rings. The van der Waals surface area contributed by atoms with Gasteiger partial charge < -0.3 is 15.1 Å². The molecule has 0 spiro atoms. The molecule has 0 unspecified atom stereocenters. The Hall–Kier alpha value is -2.30. The van der Waals surface area contributed by atoms with Gasteiger partial charge in [-0.05, 0) is 50.4 Å². The molecular weight excluding hydrogens is 276 g/mol. The van der Waals surface area contributed by atoms with Crippen LogP contribution in [0, 0.1) is 0 Å². The van der Waals surface area contributed by atoms with Crippen LogP contribution in [0.25, 0.3) is 0 Å². The smallest absolute Gasteiger partial charge is 0.253 e. The van der Waals surface area contributed by atoms with E-state index in [1.54, 1.807) is 6.20 Å². The molecule has 5 heteroatoms. The van der Waals surface area contributed by atoms with Crippen molar-refractivity contribution in [2.75, 3.05) is 31.7 Å². The topological polar surface area (TPSA) is 47.9 Å². The minimum Gasteiger partial charge on any atom is -0.374 e. The molecule has 1 aliphatic heterocycles. The molecule has 1 saturated heterocycles. The van der Waals surface area contributed by atoms with E-state index in [1.165, 1.54) is 6.42 Å². The van der Waals surface area contributed by atoms with Gasteiger partial charge in [0.1, 0.15) is 0 Å². The summed E-state index contributed by atoms with van der Waals surface area (Å²) in [5.74, 6) is 0.0861. The van der Waals surface area contributed by atoms with E-state index in [-0.39, 0.29) is 5.91 Å². The van der Waals surface area contributed by atoms with Gasteiger partial charge in [0.2, 0.25) is 0 Å². The van der Waals surface area contributed by atoms with Crippen molar-refractivity contribution >= 4 is 24.0 Å². The molecule has 0 saturated carbocycles. The fourth-order valence-corrected chi connectivity index (χ4v) is 2.67. The highest BCUT2D eigenvalue weighted by Crippen LogP contribution is 2.29. The summed E-state index contributed by atoms with van der Waals surface area (Å²) in [5, 5.41) is 3.04. The van der Waals surface area contributed by atoms with Gasteiger partial charge in [-0.25, -0.2) is 0 Å². The summed E-state index contributed by atoms with van der Waals surface area (Å²) in [5.41, 5.74) is 2.33. The first-order valence-corrected chi connectivity index (χ1v) is 7.63. The Morgan fingerprint density at radius 1 is 1.41 bits per heavy atom. The fourth-order valence-electron chi connectivity index (χ4n) is 2.67. The maximum atomic E-state index is 12.5. The third-order valence-corrected chi connectivity index (χ3v) is 3.92. The zero-order valence-corrected chi connectivity index (χ0v) is 13.2. The molecule has 0 radical (unpaired) electrons. The van der Waals surface area contributed by atoms with E-state index in [9.17, 15) is 4.79 Å². The number of carbonyl (C=O) groups excluding carboxylic acids is 1. The number of piperidine rings is 1. The maximum absolute atomic E-state index is 12.5. The van der Waals surface area contributed by atoms with E-state index in [4.69, 9.17) is 0 Å². The lowest BCUT2D eigenvalue weighted by molar-refractivity contribution is 0.0724. The molecule has 2 rings (SSSR count). The molecule has 22 heavy (non-hydrogen) atoms. The van der Waals surface area contributed by atoms with Crippen LogP contribution in [-0.2, 0) is 0 Å². The predicted octanol–water partition coefficient (Wildman–Crippen LogP) is 2.77. The third kappa shape index (κ3) is 3.67. The first-order chi connectivity index (χ1) is 10.7. The van der Waals surface area contributed by atoms with Crippen LogP contribution in [0.2, 0.25) is 0 Å². The number of aliphatic imine (C=N–C) groups is 1. The van der Waals surface area contributed by atoms with E-state index < -0.39 is 0 Å². The zero-order valence-electron chi connectivity index (χ0n) is 13.2. The van der Waals surface area contributed by atoms with E-state index in [2.05, 4.69) is 23.6 Å². The Bertz CT molecular complexity index is 550. The summed E-state index contributed by atoms with van der Waals surface area (Å²) < 4.78 is 0. The van der Waals surface area contributed by atoms with Gasteiger partial charge in [-0.3, -0.25) is 9.79 Å². The van der Waals surface area contributed by atoms with Gasteiger partial charge in [0.05, 0.1) is 18.0 Å². The molecule has 1 fully saturated rings. The van der Waals surface area contributed by atoms with Crippen molar-refractivity contribution < 1.29 is 4.79 Å². The van der Waals surface area contributed by atoms with E-state index >= 15 is 0 Å². The average molecular weight is 300 g/mol. The Morgan fingerprint density at radius 3 is 2.77 bits per heavy atom. The van der Waals surface area contributed by atoms with Crippen LogP contribution in [0.15, 0.2) is 36.0 Å². The standard InChI is InChI=1S/C17H24N4O/c1-4-19-13-20(3)16-9-8-14(12-15(16)18-2)17(22)21-10-6-5-7-11-21/h4,8-9,12,19H,1-2,5-7,10-11,13H2,3H3. The van der Waals surface area contributed by atoms with Gasteiger partial charge in [-0.15, -0.1) is 0 Å².